The van der Waals surface area contributed by atoms with Crippen molar-refractivity contribution in [3.63, 3.8) is 0 Å². The van der Waals surface area contributed by atoms with E-state index in [4.69, 9.17) is 0 Å². The number of hydrogen-bond acceptors (Lipinski definition) is 6. The second-order valence-corrected chi connectivity index (χ2v) is 8.36. The van der Waals surface area contributed by atoms with E-state index in [1.54, 1.807) is 36.0 Å². The number of amides is 2. The molecule has 0 aliphatic carbocycles. The number of aromatic nitrogens is 2. The van der Waals surface area contributed by atoms with Gasteiger partial charge in [0.25, 0.3) is 5.91 Å². The third-order valence-corrected chi connectivity index (χ3v) is 5.95. The number of nitrogens with zero attached hydrogens (tertiary/aromatic N) is 2. The molecule has 0 bridgehead atoms. The summed E-state index contributed by atoms with van der Waals surface area (Å²) in [6, 6.07) is 17.1. The highest BCUT2D eigenvalue weighted by molar-refractivity contribution is 7.97. The van der Waals surface area contributed by atoms with E-state index in [2.05, 4.69) is 33.0 Å². The van der Waals surface area contributed by atoms with Gasteiger partial charge in [0.1, 0.15) is 5.01 Å². The van der Waals surface area contributed by atoms with Crippen molar-refractivity contribution < 1.29 is 9.59 Å². The number of rotatable bonds is 9. The molecule has 0 aliphatic rings. The summed E-state index contributed by atoms with van der Waals surface area (Å²) in [5.41, 5.74) is 2.32. The van der Waals surface area contributed by atoms with Crippen LogP contribution in [0.5, 0.6) is 0 Å². The number of carbonyl (C=O) groups is 2. The molecule has 0 unspecified atom stereocenters. The Morgan fingerprint density at radius 3 is 2.62 bits per heavy atom. The summed E-state index contributed by atoms with van der Waals surface area (Å²) in [4.78, 5) is 24.2. The highest BCUT2D eigenvalue weighted by Gasteiger charge is 2.11. The van der Waals surface area contributed by atoms with Crippen LogP contribution in [0.1, 0.15) is 40.7 Å². The number of anilines is 2. The molecule has 0 atom stereocenters. The molecule has 2 aromatic carbocycles. The summed E-state index contributed by atoms with van der Waals surface area (Å²) in [6.07, 6.45) is 1.22. The Balaban J connectivity index is 1.52. The van der Waals surface area contributed by atoms with Gasteiger partial charge >= 0.3 is 0 Å². The van der Waals surface area contributed by atoms with Crippen molar-refractivity contribution >= 4 is 45.7 Å². The first kappa shape index (κ1) is 21.0. The average Bonchev–Trinajstić information content (AvgIpc) is 3.16. The van der Waals surface area contributed by atoms with Crippen LogP contribution >= 0.6 is 23.1 Å². The predicted molar refractivity (Wildman–Crippen MR) is 119 cm³/mol. The number of thioether (sulfide) groups is 1. The van der Waals surface area contributed by atoms with Crippen molar-refractivity contribution in [2.75, 3.05) is 10.6 Å². The first-order valence-electron chi connectivity index (χ1n) is 9.29. The SMILES string of the molecule is CCCC(=O)Nc1cccc(C(=O)Nc2nnc(CSCc3ccccc3)s2)c1. The van der Waals surface area contributed by atoms with Crippen LogP contribution in [0.15, 0.2) is 54.6 Å². The van der Waals surface area contributed by atoms with E-state index in [9.17, 15) is 9.59 Å². The van der Waals surface area contributed by atoms with Gasteiger partial charge in [-0.05, 0) is 30.2 Å². The zero-order valence-corrected chi connectivity index (χ0v) is 17.7. The molecule has 0 fully saturated rings. The van der Waals surface area contributed by atoms with Crippen LogP contribution in [0.25, 0.3) is 0 Å². The fraction of sp³-hybridized carbons (Fsp3) is 0.238. The third-order valence-electron chi connectivity index (χ3n) is 3.91. The topological polar surface area (TPSA) is 84.0 Å². The van der Waals surface area contributed by atoms with E-state index in [1.807, 2.05) is 25.1 Å². The maximum Gasteiger partial charge on any atom is 0.257 e. The predicted octanol–water partition coefficient (Wildman–Crippen LogP) is 4.96. The maximum atomic E-state index is 12.5. The molecule has 3 rings (SSSR count). The van der Waals surface area contributed by atoms with E-state index < -0.39 is 0 Å². The summed E-state index contributed by atoms with van der Waals surface area (Å²) in [6.45, 7) is 1.94. The Labute approximate surface area is 178 Å². The molecular formula is C21H22N4O2S2. The molecule has 3 aromatic rings. The summed E-state index contributed by atoms with van der Waals surface area (Å²) >= 11 is 3.12. The minimum Gasteiger partial charge on any atom is -0.326 e. The molecule has 29 heavy (non-hydrogen) atoms. The van der Waals surface area contributed by atoms with Crippen LogP contribution < -0.4 is 10.6 Å². The van der Waals surface area contributed by atoms with Crippen LogP contribution in [0, 0.1) is 0 Å². The lowest BCUT2D eigenvalue weighted by molar-refractivity contribution is -0.116. The molecule has 0 saturated heterocycles. The molecule has 6 nitrogen and oxygen atoms in total. The zero-order chi connectivity index (χ0) is 20.5. The summed E-state index contributed by atoms with van der Waals surface area (Å²) in [5, 5.41) is 15.1. The quantitative estimate of drug-likeness (QED) is 0.505. The fourth-order valence-electron chi connectivity index (χ4n) is 2.55. The van der Waals surface area contributed by atoms with Gasteiger partial charge in [-0.1, -0.05) is 54.7 Å². The lowest BCUT2D eigenvalue weighted by Gasteiger charge is -2.06. The van der Waals surface area contributed by atoms with Crippen molar-refractivity contribution in [1.29, 1.82) is 0 Å². The van der Waals surface area contributed by atoms with Crippen molar-refractivity contribution in [3.8, 4) is 0 Å². The summed E-state index contributed by atoms with van der Waals surface area (Å²) in [7, 11) is 0. The van der Waals surface area contributed by atoms with Crippen molar-refractivity contribution in [2.45, 2.75) is 31.3 Å². The zero-order valence-electron chi connectivity index (χ0n) is 16.1. The Hall–Kier alpha value is -2.71. The highest BCUT2D eigenvalue weighted by Crippen LogP contribution is 2.23. The average molecular weight is 427 g/mol. The van der Waals surface area contributed by atoms with Gasteiger partial charge in [0.2, 0.25) is 11.0 Å². The van der Waals surface area contributed by atoms with Gasteiger partial charge in [0.05, 0.1) is 0 Å². The Morgan fingerprint density at radius 1 is 1.00 bits per heavy atom. The summed E-state index contributed by atoms with van der Waals surface area (Å²) < 4.78 is 0. The standard InChI is InChI=1S/C21H22N4O2S2/c1-2-7-18(26)22-17-11-6-10-16(12-17)20(27)23-21-25-24-19(29-21)14-28-13-15-8-4-3-5-9-15/h3-6,8-12H,2,7,13-14H2,1H3,(H,22,26)(H,23,25,27). The van der Waals surface area contributed by atoms with E-state index in [0.29, 0.717) is 22.8 Å². The molecule has 0 radical (unpaired) electrons. The molecule has 2 N–H and O–H groups in total. The molecule has 0 spiro atoms. The van der Waals surface area contributed by atoms with Crippen LogP contribution in [0.3, 0.4) is 0 Å². The van der Waals surface area contributed by atoms with Crippen LogP contribution in [-0.2, 0) is 16.3 Å². The van der Waals surface area contributed by atoms with Gasteiger partial charge in [-0.3, -0.25) is 14.9 Å². The number of nitrogens with one attached hydrogen (secondary N) is 2. The van der Waals surface area contributed by atoms with Gasteiger partial charge < -0.3 is 5.32 Å². The smallest absolute Gasteiger partial charge is 0.257 e. The molecule has 0 aliphatic heterocycles. The molecule has 0 saturated carbocycles. The molecule has 1 aromatic heterocycles. The van der Waals surface area contributed by atoms with Gasteiger partial charge in [0, 0.05) is 29.2 Å². The van der Waals surface area contributed by atoms with Crippen LogP contribution in [0.4, 0.5) is 10.8 Å². The first-order valence-corrected chi connectivity index (χ1v) is 11.3. The van der Waals surface area contributed by atoms with E-state index in [0.717, 1.165) is 22.9 Å². The van der Waals surface area contributed by atoms with Crippen molar-refractivity contribution in [2.24, 2.45) is 0 Å². The molecule has 2 amide bonds. The first-order chi connectivity index (χ1) is 14.1. The van der Waals surface area contributed by atoms with E-state index in [1.165, 1.54) is 16.9 Å². The Bertz CT molecular complexity index is 960. The lowest BCUT2D eigenvalue weighted by Crippen LogP contribution is -2.14. The third kappa shape index (κ3) is 6.69. The van der Waals surface area contributed by atoms with Crippen LogP contribution in [-0.4, -0.2) is 22.0 Å². The molecule has 8 heteroatoms. The molecular weight excluding hydrogens is 404 g/mol. The maximum absolute atomic E-state index is 12.5. The lowest BCUT2D eigenvalue weighted by atomic mass is 10.2. The van der Waals surface area contributed by atoms with E-state index >= 15 is 0 Å². The number of hydrogen-bond donors (Lipinski definition) is 2. The molecule has 1 heterocycles. The summed E-state index contributed by atoms with van der Waals surface area (Å²) in [5.74, 6) is 1.29. The second kappa shape index (κ2) is 10.7. The Kier molecular flexibility index (Phi) is 7.77. The van der Waals surface area contributed by atoms with Gasteiger partial charge in [0.15, 0.2) is 0 Å². The second-order valence-electron chi connectivity index (χ2n) is 6.31. The van der Waals surface area contributed by atoms with Crippen LogP contribution in [0.2, 0.25) is 0 Å². The van der Waals surface area contributed by atoms with Gasteiger partial charge in [-0.2, -0.15) is 0 Å². The molecule has 150 valence electrons. The highest BCUT2D eigenvalue weighted by atomic mass is 32.2. The largest absolute Gasteiger partial charge is 0.326 e. The van der Waals surface area contributed by atoms with E-state index in [-0.39, 0.29) is 11.8 Å². The minimum absolute atomic E-state index is 0.0631. The van der Waals surface area contributed by atoms with Gasteiger partial charge in [-0.25, -0.2) is 0 Å². The van der Waals surface area contributed by atoms with Crippen molar-refractivity contribution in [1.82, 2.24) is 10.2 Å². The monoisotopic (exact) mass is 426 g/mol. The van der Waals surface area contributed by atoms with Crippen molar-refractivity contribution in [3.05, 3.63) is 70.7 Å². The fourth-order valence-corrected chi connectivity index (χ4v) is 4.33. The van der Waals surface area contributed by atoms with Gasteiger partial charge in [-0.15, -0.1) is 22.0 Å². The normalized spacial score (nSPS) is 10.5. The number of benzene rings is 2. The number of carbonyl (C=O) groups excluding carboxylic acids is 2. The Morgan fingerprint density at radius 2 is 1.83 bits per heavy atom. The minimum atomic E-state index is -0.281.